The van der Waals surface area contributed by atoms with Crippen LogP contribution in [-0.4, -0.2) is 37.8 Å². The highest BCUT2D eigenvalue weighted by Crippen LogP contribution is 2.33. The molecule has 0 aliphatic heterocycles. The van der Waals surface area contributed by atoms with Crippen LogP contribution in [0.5, 0.6) is 0 Å². The lowest BCUT2D eigenvalue weighted by atomic mass is 10.2. The standard InChI is InChI=1S/C13H19N7/c1-9(8-10-4-5-10)16-12-17-11(14-2)18-13(19-12)20-7-3-6-15-20/h3,6-7,9-10H,4-5,8H2,1-2H3,(H2,14,16,17,18,19). The number of anilines is 2. The molecule has 0 saturated heterocycles. The maximum absolute atomic E-state index is 4.42. The Morgan fingerprint density at radius 3 is 2.75 bits per heavy atom. The zero-order chi connectivity index (χ0) is 13.9. The van der Waals surface area contributed by atoms with Crippen molar-refractivity contribution in [2.24, 2.45) is 5.92 Å². The Morgan fingerprint density at radius 2 is 2.10 bits per heavy atom. The van der Waals surface area contributed by atoms with Gasteiger partial charge in [-0.05, 0) is 25.3 Å². The van der Waals surface area contributed by atoms with Crippen LogP contribution in [0.2, 0.25) is 0 Å². The van der Waals surface area contributed by atoms with E-state index in [1.807, 2.05) is 12.3 Å². The number of rotatable bonds is 6. The number of aromatic nitrogens is 5. The summed E-state index contributed by atoms with van der Waals surface area (Å²) in [6, 6.07) is 2.20. The first-order chi connectivity index (χ1) is 9.74. The molecule has 2 aromatic heterocycles. The Balaban J connectivity index is 1.80. The highest BCUT2D eigenvalue weighted by molar-refractivity contribution is 5.37. The van der Waals surface area contributed by atoms with E-state index in [9.17, 15) is 0 Å². The first-order valence-corrected chi connectivity index (χ1v) is 6.95. The van der Waals surface area contributed by atoms with Crippen LogP contribution in [0.25, 0.3) is 5.95 Å². The molecule has 0 spiro atoms. The largest absolute Gasteiger partial charge is 0.357 e. The lowest BCUT2D eigenvalue weighted by Crippen LogP contribution is -2.19. The molecular weight excluding hydrogens is 254 g/mol. The van der Waals surface area contributed by atoms with Gasteiger partial charge in [0.1, 0.15) is 0 Å². The van der Waals surface area contributed by atoms with Crippen LogP contribution < -0.4 is 10.6 Å². The Morgan fingerprint density at radius 1 is 1.30 bits per heavy atom. The lowest BCUT2D eigenvalue weighted by molar-refractivity contribution is 0.636. The van der Waals surface area contributed by atoms with Gasteiger partial charge < -0.3 is 10.6 Å². The number of nitrogens with zero attached hydrogens (tertiary/aromatic N) is 5. The summed E-state index contributed by atoms with van der Waals surface area (Å²) in [6.07, 6.45) is 7.38. The fourth-order valence-corrected chi connectivity index (χ4v) is 2.16. The summed E-state index contributed by atoms with van der Waals surface area (Å²) in [5.41, 5.74) is 0. The molecule has 1 aliphatic carbocycles. The zero-order valence-electron chi connectivity index (χ0n) is 11.7. The summed E-state index contributed by atoms with van der Waals surface area (Å²) >= 11 is 0. The molecular formula is C13H19N7. The molecule has 1 aliphatic rings. The Bertz CT molecular complexity index is 562. The minimum atomic E-state index is 0.361. The molecule has 7 nitrogen and oxygen atoms in total. The Labute approximate surface area is 117 Å². The third-order valence-electron chi connectivity index (χ3n) is 3.32. The maximum Gasteiger partial charge on any atom is 0.257 e. The second-order valence-corrected chi connectivity index (χ2v) is 5.21. The fraction of sp³-hybridized carbons (Fsp3) is 0.538. The minimum Gasteiger partial charge on any atom is -0.357 e. The first-order valence-electron chi connectivity index (χ1n) is 6.95. The Hall–Kier alpha value is -2.18. The van der Waals surface area contributed by atoms with Gasteiger partial charge in [0.2, 0.25) is 11.9 Å². The third kappa shape index (κ3) is 3.04. The lowest BCUT2D eigenvalue weighted by Gasteiger charge is -2.14. The predicted octanol–water partition coefficient (Wildman–Crippen LogP) is 1.70. The van der Waals surface area contributed by atoms with E-state index in [1.165, 1.54) is 12.8 Å². The van der Waals surface area contributed by atoms with Crippen LogP contribution in [0.3, 0.4) is 0 Å². The molecule has 2 N–H and O–H groups in total. The second kappa shape index (κ2) is 5.44. The van der Waals surface area contributed by atoms with Crippen molar-refractivity contribution in [2.75, 3.05) is 17.7 Å². The molecule has 1 unspecified atom stereocenters. The quantitative estimate of drug-likeness (QED) is 0.834. The topological polar surface area (TPSA) is 80.5 Å². The first kappa shape index (κ1) is 12.8. The van der Waals surface area contributed by atoms with E-state index in [0.717, 1.165) is 12.3 Å². The van der Waals surface area contributed by atoms with Gasteiger partial charge in [0.25, 0.3) is 5.95 Å². The highest BCUT2D eigenvalue weighted by atomic mass is 15.4. The van der Waals surface area contributed by atoms with Crippen molar-refractivity contribution >= 4 is 11.9 Å². The molecule has 1 fully saturated rings. The summed E-state index contributed by atoms with van der Waals surface area (Å²) in [5.74, 6) is 2.50. The van der Waals surface area contributed by atoms with E-state index < -0.39 is 0 Å². The van der Waals surface area contributed by atoms with Gasteiger partial charge in [0.05, 0.1) is 0 Å². The second-order valence-electron chi connectivity index (χ2n) is 5.21. The van der Waals surface area contributed by atoms with Gasteiger partial charge in [-0.25, -0.2) is 4.68 Å². The van der Waals surface area contributed by atoms with E-state index in [4.69, 9.17) is 0 Å². The normalized spacial score (nSPS) is 15.9. The number of nitrogens with one attached hydrogen (secondary N) is 2. The smallest absolute Gasteiger partial charge is 0.257 e. The third-order valence-corrected chi connectivity index (χ3v) is 3.32. The van der Waals surface area contributed by atoms with Crippen molar-refractivity contribution in [1.29, 1.82) is 0 Å². The van der Waals surface area contributed by atoms with Crippen LogP contribution in [-0.2, 0) is 0 Å². The van der Waals surface area contributed by atoms with E-state index in [-0.39, 0.29) is 0 Å². The summed E-state index contributed by atoms with van der Waals surface area (Å²) < 4.78 is 1.62. The average molecular weight is 273 g/mol. The fourth-order valence-electron chi connectivity index (χ4n) is 2.16. The molecule has 0 bridgehead atoms. The summed E-state index contributed by atoms with van der Waals surface area (Å²) in [5, 5.41) is 10.4. The Kier molecular flexibility index (Phi) is 3.49. The average Bonchev–Trinajstić information content (AvgIpc) is 3.08. The van der Waals surface area contributed by atoms with Crippen LogP contribution in [0, 0.1) is 5.92 Å². The zero-order valence-corrected chi connectivity index (χ0v) is 11.7. The van der Waals surface area contributed by atoms with Gasteiger partial charge in [0, 0.05) is 25.5 Å². The van der Waals surface area contributed by atoms with Gasteiger partial charge in [-0.1, -0.05) is 12.8 Å². The molecule has 2 aromatic rings. The van der Waals surface area contributed by atoms with Crippen LogP contribution in [0.1, 0.15) is 26.2 Å². The van der Waals surface area contributed by atoms with Crippen LogP contribution >= 0.6 is 0 Å². The van der Waals surface area contributed by atoms with Gasteiger partial charge in [-0.2, -0.15) is 20.1 Å². The van der Waals surface area contributed by atoms with Gasteiger partial charge in [-0.15, -0.1) is 0 Å². The predicted molar refractivity (Wildman–Crippen MR) is 76.9 cm³/mol. The van der Waals surface area contributed by atoms with Crippen molar-refractivity contribution < 1.29 is 0 Å². The van der Waals surface area contributed by atoms with Gasteiger partial charge in [-0.3, -0.25) is 0 Å². The minimum absolute atomic E-state index is 0.361. The van der Waals surface area contributed by atoms with Crippen molar-refractivity contribution in [3.05, 3.63) is 18.5 Å². The van der Waals surface area contributed by atoms with E-state index in [2.05, 4.69) is 37.6 Å². The molecule has 1 atom stereocenters. The molecule has 7 heteroatoms. The maximum atomic E-state index is 4.42. The number of hydrogen-bond donors (Lipinski definition) is 2. The molecule has 0 radical (unpaired) electrons. The summed E-state index contributed by atoms with van der Waals surface area (Å²) in [7, 11) is 1.79. The molecule has 3 rings (SSSR count). The molecule has 0 aromatic carbocycles. The van der Waals surface area contributed by atoms with Crippen molar-refractivity contribution in [2.45, 2.75) is 32.2 Å². The van der Waals surface area contributed by atoms with Crippen LogP contribution in [0.4, 0.5) is 11.9 Å². The van der Waals surface area contributed by atoms with E-state index >= 15 is 0 Å². The molecule has 2 heterocycles. The molecule has 1 saturated carbocycles. The SMILES string of the molecule is CNc1nc(NC(C)CC2CC2)nc(-n2cccn2)n1. The molecule has 0 amide bonds. The molecule has 20 heavy (non-hydrogen) atoms. The number of hydrogen-bond acceptors (Lipinski definition) is 6. The molecule has 106 valence electrons. The summed E-state index contributed by atoms with van der Waals surface area (Å²) in [6.45, 7) is 2.16. The van der Waals surface area contributed by atoms with Crippen molar-refractivity contribution in [3.63, 3.8) is 0 Å². The monoisotopic (exact) mass is 273 g/mol. The van der Waals surface area contributed by atoms with Gasteiger partial charge >= 0.3 is 0 Å². The highest BCUT2D eigenvalue weighted by Gasteiger charge is 2.24. The van der Waals surface area contributed by atoms with E-state index in [1.54, 1.807) is 17.9 Å². The summed E-state index contributed by atoms with van der Waals surface area (Å²) in [4.78, 5) is 13.1. The van der Waals surface area contributed by atoms with Gasteiger partial charge in [0.15, 0.2) is 0 Å². The van der Waals surface area contributed by atoms with Crippen LogP contribution in [0.15, 0.2) is 18.5 Å². The van der Waals surface area contributed by atoms with Crippen molar-refractivity contribution in [1.82, 2.24) is 24.7 Å². The van der Waals surface area contributed by atoms with E-state index in [0.29, 0.717) is 23.9 Å². The van der Waals surface area contributed by atoms with Crippen molar-refractivity contribution in [3.8, 4) is 5.95 Å².